The number of amides is 1. The summed E-state index contributed by atoms with van der Waals surface area (Å²) in [5.74, 6) is 0. The fourth-order valence-electron chi connectivity index (χ4n) is 1.36. The molecule has 0 aliphatic rings. The molecule has 2 aromatic rings. The molecule has 0 bridgehead atoms. The first-order valence-electron chi connectivity index (χ1n) is 5.13. The zero-order chi connectivity index (χ0) is 12.3. The van der Waals surface area contributed by atoms with Gasteiger partial charge < -0.3 is 5.11 Å². The predicted octanol–water partition coefficient (Wildman–Crippen LogP) is 2.92. The lowest BCUT2D eigenvalue weighted by molar-refractivity contribution is 0.204. The van der Waals surface area contributed by atoms with Crippen molar-refractivity contribution < 1.29 is 9.90 Å². The Hall–Kier alpha value is -1.95. The molecule has 0 spiro atoms. The summed E-state index contributed by atoms with van der Waals surface area (Å²) in [4.78, 5) is 12.4. The van der Waals surface area contributed by atoms with Crippen LogP contribution in [-0.4, -0.2) is 21.4 Å². The van der Waals surface area contributed by atoms with Crippen LogP contribution >= 0.6 is 11.3 Å². The number of hydrogen-bond acceptors (Lipinski definition) is 4. The van der Waals surface area contributed by atoms with Gasteiger partial charge in [-0.2, -0.15) is 0 Å². The number of aryl methyl sites for hydroxylation is 1. The molecule has 0 aliphatic carbocycles. The maximum absolute atomic E-state index is 11.3. The van der Waals surface area contributed by atoms with E-state index in [4.69, 9.17) is 0 Å². The van der Waals surface area contributed by atoms with E-state index in [1.807, 2.05) is 13.0 Å². The number of rotatable bonds is 3. The largest absolute Gasteiger partial charge is 0.464 e. The van der Waals surface area contributed by atoms with E-state index in [0.717, 1.165) is 16.3 Å². The van der Waals surface area contributed by atoms with E-state index >= 15 is 0 Å². The van der Waals surface area contributed by atoms with Gasteiger partial charge in [0.15, 0.2) is 0 Å². The average Bonchev–Trinajstić information content (AvgIpc) is 2.79. The summed E-state index contributed by atoms with van der Waals surface area (Å²) in [6, 6.07) is 8.85. The van der Waals surface area contributed by atoms with Crippen molar-refractivity contribution in [3.8, 4) is 0 Å². The van der Waals surface area contributed by atoms with Crippen LogP contribution in [-0.2, 0) is 6.42 Å². The zero-order valence-corrected chi connectivity index (χ0v) is 10.0. The summed E-state index contributed by atoms with van der Waals surface area (Å²) in [7, 11) is 0. The van der Waals surface area contributed by atoms with Crippen molar-refractivity contribution in [2.24, 2.45) is 0 Å². The first-order chi connectivity index (χ1) is 8.22. The second kappa shape index (κ2) is 4.92. The van der Waals surface area contributed by atoms with Gasteiger partial charge in [-0.25, -0.2) is 9.69 Å². The third-order valence-electron chi connectivity index (χ3n) is 2.16. The van der Waals surface area contributed by atoms with Crippen LogP contribution in [0, 0.1) is 0 Å². The monoisotopic (exact) mass is 249 g/mol. The molecule has 2 rings (SSSR count). The molecule has 0 aliphatic heterocycles. The van der Waals surface area contributed by atoms with Gasteiger partial charge in [-0.05, 0) is 18.6 Å². The second-order valence-electron chi connectivity index (χ2n) is 3.29. The molecule has 0 unspecified atom stereocenters. The average molecular weight is 249 g/mol. The number of benzene rings is 1. The molecule has 0 atom stereocenters. The van der Waals surface area contributed by atoms with E-state index in [9.17, 15) is 9.90 Å². The fraction of sp³-hybridized carbons (Fsp3) is 0.182. The van der Waals surface area contributed by atoms with Gasteiger partial charge in [-0.3, -0.25) is 0 Å². The maximum atomic E-state index is 11.3. The summed E-state index contributed by atoms with van der Waals surface area (Å²) in [5, 5.41) is 18.2. The molecule has 6 heteroatoms. The second-order valence-corrected chi connectivity index (χ2v) is 4.33. The van der Waals surface area contributed by atoms with E-state index in [1.54, 1.807) is 24.3 Å². The van der Waals surface area contributed by atoms with Gasteiger partial charge in [0.05, 0.1) is 5.69 Å². The van der Waals surface area contributed by atoms with Gasteiger partial charge in [0.25, 0.3) is 0 Å². The highest BCUT2D eigenvalue weighted by molar-refractivity contribution is 7.15. The van der Waals surface area contributed by atoms with Crippen LogP contribution in [0.25, 0.3) is 0 Å². The molecular formula is C11H11N3O2S. The van der Waals surface area contributed by atoms with Crippen molar-refractivity contribution in [1.29, 1.82) is 0 Å². The van der Waals surface area contributed by atoms with E-state index in [-0.39, 0.29) is 0 Å². The number of carboxylic acid groups (broad SMARTS) is 1. The van der Waals surface area contributed by atoms with Crippen molar-refractivity contribution in [2.75, 3.05) is 4.90 Å². The van der Waals surface area contributed by atoms with Crippen LogP contribution in [0.2, 0.25) is 0 Å². The Bertz CT molecular complexity index is 512. The lowest BCUT2D eigenvalue weighted by Gasteiger charge is -2.14. The molecule has 1 aromatic heterocycles. The predicted molar refractivity (Wildman–Crippen MR) is 65.9 cm³/mol. The SMILES string of the molecule is CCc1nnc(N(C(=O)O)c2ccccc2)s1. The summed E-state index contributed by atoms with van der Waals surface area (Å²) >= 11 is 1.29. The maximum Gasteiger partial charge on any atom is 0.418 e. The van der Waals surface area contributed by atoms with Crippen LogP contribution < -0.4 is 4.90 Å². The molecule has 5 nitrogen and oxygen atoms in total. The van der Waals surface area contributed by atoms with E-state index in [2.05, 4.69) is 10.2 Å². The van der Waals surface area contributed by atoms with Gasteiger partial charge in [-0.15, -0.1) is 10.2 Å². The van der Waals surface area contributed by atoms with E-state index < -0.39 is 6.09 Å². The van der Waals surface area contributed by atoms with Crippen molar-refractivity contribution in [3.05, 3.63) is 35.3 Å². The first kappa shape index (κ1) is 11.5. The van der Waals surface area contributed by atoms with Gasteiger partial charge >= 0.3 is 6.09 Å². The Balaban J connectivity index is 2.39. The minimum atomic E-state index is -1.06. The first-order valence-corrected chi connectivity index (χ1v) is 5.94. The van der Waals surface area contributed by atoms with E-state index in [0.29, 0.717) is 10.8 Å². The van der Waals surface area contributed by atoms with Crippen LogP contribution in [0.1, 0.15) is 11.9 Å². The standard InChI is InChI=1S/C11H11N3O2S/c1-2-9-12-13-10(17-9)14(11(15)16)8-6-4-3-5-7-8/h3-7H,2H2,1H3,(H,15,16). The fourth-order valence-corrected chi connectivity index (χ4v) is 2.15. The molecule has 88 valence electrons. The lowest BCUT2D eigenvalue weighted by atomic mass is 10.3. The van der Waals surface area contributed by atoms with Crippen molar-refractivity contribution >= 4 is 28.2 Å². The molecule has 0 saturated carbocycles. The number of para-hydroxylation sites is 1. The molecule has 0 fully saturated rings. The Morgan fingerprint density at radius 2 is 2.06 bits per heavy atom. The number of hydrogen-bond donors (Lipinski definition) is 1. The molecule has 0 saturated heterocycles. The Labute approximate surface area is 102 Å². The minimum absolute atomic E-state index is 0.376. The Morgan fingerprint density at radius 1 is 1.35 bits per heavy atom. The normalized spacial score (nSPS) is 10.2. The molecule has 1 N–H and O–H groups in total. The quantitative estimate of drug-likeness (QED) is 0.908. The minimum Gasteiger partial charge on any atom is -0.464 e. The van der Waals surface area contributed by atoms with Gasteiger partial charge in [0.2, 0.25) is 5.13 Å². The van der Waals surface area contributed by atoms with Crippen LogP contribution in [0.15, 0.2) is 30.3 Å². The van der Waals surface area contributed by atoms with E-state index in [1.165, 1.54) is 11.3 Å². The van der Waals surface area contributed by atoms with Crippen molar-refractivity contribution in [2.45, 2.75) is 13.3 Å². The Kier molecular flexibility index (Phi) is 3.34. The van der Waals surface area contributed by atoms with Crippen LogP contribution in [0.4, 0.5) is 15.6 Å². The molecule has 1 aromatic carbocycles. The number of anilines is 2. The smallest absolute Gasteiger partial charge is 0.418 e. The summed E-state index contributed by atoms with van der Waals surface area (Å²) in [6.07, 6.45) is -0.310. The van der Waals surface area contributed by atoms with Crippen molar-refractivity contribution in [1.82, 2.24) is 10.2 Å². The topological polar surface area (TPSA) is 66.3 Å². The van der Waals surface area contributed by atoms with Gasteiger partial charge in [-0.1, -0.05) is 36.5 Å². The van der Waals surface area contributed by atoms with Crippen LogP contribution in [0.3, 0.4) is 0 Å². The van der Waals surface area contributed by atoms with Gasteiger partial charge in [0.1, 0.15) is 5.01 Å². The third-order valence-corrected chi connectivity index (χ3v) is 3.21. The summed E-state index contributed by atoms with van der Waals surface area (Å²) < 4.78 is 0. The summed E-state index contributed by atoms with van der Waals surface area (Å²) in [5.41, 5.74) is 0.568. The van der Waals surface area contributed by atoms with Crippen molar-refractivity contribution in [3.63, 3.8) is 0 Å². The molecule has 1 heterocycles. The number of nitrogens with zero attached hydrogens (tertiary/aromatic N) is 3. The highest BCUT2D eigenvalue weighted by Gasteiger charge is 2.20. The third kappa shape index (κ3) is 2.42. The van der Waals surface area contributed by atoms with Crippen LogP contribution in [0.5, 0.6) is 0 Å². The highest BCUT2D eigenvalue weighted by atomic mass is 32.1. The number of aromatic nitrogens is 2. The zero-order valence-electron chi connectivity index (χ0n) is 9.20. The summed E-state index contributed by atoms with van der Waals surface area (Å²) in [6.45, 7) is 1.96. The number of carbonyl (C=O) groups is 1. The lowest BCUT2D eigenvalue weighted by Crippen LogP contribution is -2.23. The Morgan fingerprint density at radius 3 is 2.59 bits per heavy atom. The molecule has 0 radical (unpaired) electrons. The van der Waals surface area contributed by atoms with Gasteiger partial charge in [0, 0.05) is 0 Å². The molecule has 17 heavy (non-hydrogen) atoms. The highest BCUT2D eigenvalue weighted by Crippen LogP contribution is 2.28. The molecular weight excluding hydrogens is 238 g/mol. The molecule has 1 amide bonds.